The fraction of sp³-hybridized carbons (Fsp3) is 0.316. The van der Waals surface area contributed by atoms with E-state index >= 15 is 0 Å². The van der Waals surface area contributed by atoms with E-state index in [0.29, 0.717) is 32.1 Å². The van der Waals surface area contributed by atoms with Crippen molar-refractivity contribution in [3.63, 3.8) is 0 Å². The van der Waals surface area contributed by atoms with Gasteiger partial charge < -0.3 is 14.5 Å². The monoisotopic (exact) mass is 386 g/mol. The van der Waals surface area contributed by atoms with Crippen LogP contribution in [0.2, 0.25) is 0 Å². The van der Waals surface area contributed by atoms with Gasteiger partial charge in [-0.25, -0.2) is 14.4 Å². The number of morpholine rings is 1. The van der Waals surface area contributed by atoms with Gasteiger partial charge in [0.25, 0.3) is 0 Å². The number of halogens is 1. The molecule has 0 N–H and O–H groups in total. The second-order valence-electron chi connectivity index (χ2n) is 6.38. The van der Waals surface area contributed by atoms with E-state index in [1.807, 2.05) is 22.2 Å². The molecular weight excluding hydrogens is 367 g/mol. The number of fused-ring (bicyclic) bond motifs is 1. The first-order chi connectivity index (χ1) is 13.1. The van der Waals surface area contributed by atoms with E-state index in [2.05, 4.69) is 9.97 Å². The van der Waals surface area contributed by atoms with Crippen LogP contribution in [0.4, 0.5) is 10.2 Å². The van der Waals surface area contributed by atoms with Crippen molar-refractivity contribution in [2.45, 2.75) is 0 Å². The minimum absolute atomic E-state index is 0.0473. The Kier molecular flexibility index (Phi) is 5.00. The molecule has 2 aromatic heterocycles. The number of carbonyl (C=O) groups excluding carboxylic acids is 1. The van der Waals surface area contributed by atoms with Crippen molar-refractivity contribution in [2.24, 2.45) is 0 Å². The van der Waals surface area contributed by atoms with Crippen molar-refractivity contribution >= 4 is 33.3 Å². The maximum atomic E-state index is 13.3. The highest BCUT2D eigenvalue weighted by molar-refractivity contribution is 7.17. The molecule has 0 radical (unpaired) electrons. The van der Waals surface area contributed by atoms with Crippen LogP contribution in [0.25, 0.3) is 21.3 Å². The molecule has 1 fully saturated rings. The largest absolute Gasteiger partial charge is 0.378 e. The van der Waals surface area contributed by atoms with Gasteiger partial charge >= 0.3 is 0 Å². The van der Waals surface area contributed by atoms with Crippen LogP contribution >= 0.6 is 11.3 Å². The van der Waals surface area contributed by atoms with Gasteiger partial charge in [0.2, 0.25) is 5.91 Å². The lowest BCUT2D eigenvalue weighted by atomic mass is 10.1. The number of nitrogens with zero attached hydrogens (tertiary/aromatic N) is 4. The highest BCUT2D eigenvalue weighted by atomic mass is 32.1. The Morgan fingerprint density at radius 2 is 2.00 bits per heavy atom. The number of hydrogen-bond acceptors (Lipinski definition) is 6. The molecule has 0 unspecified atom stereocenters. The normalized spacial score (nSPS) is 14.5. The summed E-state index contributed by atoms with van der Waals surface area (Å²) < 4.78 is 18.6. The van der Waals surface area contributed by atoms with Gasteiger partial charge in [-0.05, 0) is 17.7 Å². The summed E-state index contributed by atoms with van der Waals surface area (Å²) in [6.07, 6.45) is 1.51. The molecule has 0 bridgehead atoms. The maximum absolute atomic E-state index is 13.3. The lowest BCUT2D eigenvalue weighted by Gasteiger charge is -2.29. The molecule has 1 aliphatic heterocycles. The van der Waals surface area contributed by atoms with E-state index in [4.69, 9.17) is 4.74 Å². The zero-order valence-corrected chi connectivity index (χ0v) is 15.7. The predicted octanol–water partition coefficient (Wildman–Crippen LogP) is 2.79. The molecule has 3 heterocycles. The van der Waals surface area contributed by atoms with E-state index in [-0.39, 0.29) is 18.3 Å². The Labute approximate surface area is 160 Å². The van der Waals surface area contributed by atoms with Crippen molar-refractivity contribution in [3.8, 4) is 11.1 Å². The van der Waals surface area contributed by atoms with Crippen LogP contribution in [-0.4, -0.2) is 60.7 Å². The molecule has 1 saturated heterocycles. The number of aromatic nitrogens is 2. The van der Waals surface area contributed by atoms with Crippen molar-refractivity contribution in [1.29, 1.82) is 0 Å². The van der Waals surface area contributed by atoms with E-state index in [0.717, 1.165) is 21.3 Å². The third-order valence-electron chi connectivity index (χ3n) is 4.60. The molecule has 0 atom stereocenters. The third kappa shape index (κ3) is 3.63. The van der Waals surface area contributed by atoms with E-state index in [1.165, 1.54) is 29.8 Å². The molecule has 1 aromatic carbocycles. The number of likely N-dealkylation sites (N-methyl/N-ethyl adjacent to an activating group) is 1. The molecule has 8 heteroatoms. The van der Waals surface area contributed by atoms with E-state index in [9.17, 15) is 9.18 Å². The van der Waals surface area contributed by atoms with Gasteiger partial charge in [0.15, 0.2) is 0 Å². The summed E-state index contributed by atoms with van der Waals surface area (Å²) >= 11 is 1.51. The molecular formula is C19H19FN4O2S. The third-order valence-corrected chi connectivity index (χ3v) is 5.49. The lowest BCUT2D eigenvalue weighted by molar-refractivity contribution is -0.133. The van der Waals surface area contributed by atoms with E-state index in [1.54, 1.807) is 12.1 Å². The standard InChI is InChI=1S/C19H19FN4O2S/c1-23(10-16(25)24-6-8-26-9-7-24)18-17-15(11-27-19(17)22-12-21-18)13-2-4-14(20)5-3-13/h2-5,11-12H,6-10H2,1H3. The highest BCUT2D eigenvalue weighted by Gasteiger charge is 2.21. The van der Waals surface area contributed by atoms with Gasteiger partial charge in [0.05, 0.1) is 25.1 Å². The zero-order chi connectivity index (χ0) is 18.8. The molecule has 6 nitrogen and oxygen atoms in total. The minimum atomic E-state index is -0.275. The maximum Gasteiger partial charge on any atom is 0.242 e. The van der Waals surface area contributed by atoms with Crippen LogP contribution in [0.3, 0.4) is 0 Å². The lowest BCUT2D eigenvalue weighted by Crippen LogP contribution is -2.45. The Balaban J connectivity index is 1.65. The van der Waals surface area contributed by atoms with Gasteiger partial charge in [0, 0.05) is 31.1 Å². The number of anilines is 1. The molecule has 3 aromatic rings. The van der Waals surface area contributed by atoms with Crippen LogP contribution in [0.1, 0.15) is 0 Å². The summed E-state index contributed by atoms with van der Waals surface area (Å²) in [5, 5.41) is 2.87. The van der Waals surface area contributed by atoms with Crippen molar-refractivity contribution < 1.29 is 13.9 Å². The Hall–Kier alpha value is -2.58. The summed E-state index contributed by atoms with van der Waals surface area (Å²) in [5.74, 6) is 0.469. The zero-order valence-electron chi connectivity index (χ0n) is 14.9. The minimum Gasteiger partial charge on any atom is -0.378 e. The average molecular weight is 386 g/mol. The van der Waals surface area contributed by atoms with Gasteiger partial charge in [-0.1, -0.05) is 12.1 Å². The molecule has 1 aliphatic rings. The molecule has 140 valence electrons. The summed E-state index contributed by atoms with van der Waals surface area (Å²) in [6, 6.07) is 6.36. The number of amides is 1. The van der Waals surface area contributed by atoms with Crippen LogP contribution < -0.4 is 4.90 Å². The summed E-state index contributed by atoms with van der Waals surface area (Å²) in [6.45, 7) is 2.61. The Morgan fingerprint density at radius 1 is 1.26 bits per heavy atom. The van der Waals surface area contributed by atoms with Crippen LogP contribution in [-0.2, 0) is 9.53 Å². The van der Waals surface area contributed by atoms with Gasteiger partial charge in [-0.2, -0.15) is 0 Å². The number of rotatable bonds is 4. The number of carbonyl (C=O) groups is 1. The topological polar surface area (TPSA) is 58.6 Å². The van der Waals surface area contributed by atoms with Crippen molar-refractivity contribution in [3.05, 3.63) is 41.8 Å². The number of ether oxygens (including phenoxy) is 1. The van der Waals surface area contributed by atoms with Crippen LogP contribution in [0.15, 0.2) is 36.0 Å². The molecule has 0 spiro atoms. The summed E-state index contributed by atoms with van der Waals surface area (Å²) in [4.78, 5) is 25.9. The van der Waals surface area contributed by atoms with Crippen LogP contribution in [0.5, 0.6) is 0 Å². The molecule has 1 amide bonds. The summed E-state index contributed by atoms with van der Waals surface area (Å²) in [5.41, 5.74) is 1.84. The summed E-state index contributed by atoms with van der Waals surface area (Å²) in [7, 11) is 1.85. The first-order valence-electron chi connectivity index (χ1n) is 8.68. The van der Waals surface area contributed by atoms with Crippen molar-refractivity contribution in [2.75, 3.05) is 44.8 Å². The molecule has 4 rings (SSSR count). The fourth-order valence-electron chi connectivity index (χ4n) is 3.18. The molecule has 0 saturated carbocycles. The average Bonchev–Trinajstić information content (AvgIpc) is 3.13. The second-order valence-corrected chi connectivity index (χ2v) is 7.24. The smallest absolute Gasteiger partial charge is 0.242 e. The van der Waals surface area contributed by atoms with Crippen LogP contribution in [0, 0.1) is 5.82 Å². The van der Waals surface area contributed by atoms with E-state index < -0.39 is 0 Å². The number of thiophene rings is 1. The van der Waals surface area contributed by atoms with Gasteiger partial charge in [-0.3, -0.25) is 4.79 Å². The number of hydrogen-bond donors (Lipinski definition) is 0. The first-order valence-corrected chi connectivity index (χ1v) is 9.56. The predicted molar refractivity (Wildman–Crippen MR) is 103 cm³/mol. The Bertz CT molecular complexity index is 954. The van der Waals surface area contributed by atoms with Gasteiger partial charge in [-0.15, -0.1) is 11.3 Å². The van der Waals surface area contributed by atoms with Crippen molar-refractivity contribution in [1.82, 2.24) is 14.9 Å². The highest BCUT2D eigenvalue weighted by Crippen LogP contribution is 2.37. The molecule has 27 heavy (non-hydrogen) atoms. The Morgan fingerprint density at radius 3 is 2.74 bits per heavy atom. The quantitative estimate of drug-likeness (QED) is 0.690. The number of benzene rings is 1. The first kappa shape index (κ1) is 17.8. The fourth-order valence-corrected chi connectivity index (χ4v) is 4.09. The SMILES string of the molecule is CN(CC(=O)N1CCOCC1)c1ncnc2scc(-c3ccc(F)cc3)c12. The van der Waals surface area contributed by atoms with Gasteiger partial charge in [0.1, 0.15) is 22.8 Å². The molecule has 0 aliphatic carbocycles. The second kappa shape index (κ2) is 7.58.